The first kappa shape index (κ1) is 26.6. The van der Waals surface area contributed by atoms with Gasteiger partial charge in [-0.2, -0.15) is 0 Å². The van der Waals surface area contributed by atoms with E-state index in [9.17, 15) is 10.2 Å². The summed E-state index contributed by atoms with van der Waals surface area (Å²) < 4.78 is 12.4. The second-order valence-corrected chi connectivity index (χ2v) is 9.90. The van der Waals surface area contributed by atoms with Gasteiger partial charge in [0.1, 0.15) is 24.2 Å². The number of hydrogen-bond donors (Lipinski definition) is 4. The SMILES string of the molecule is CC1=C(CO)N(CCCOc2ccc(C(C)(C)c3ccc(OCC(O)CCl)c(Br)c3)cc2)NN1. The van der Waals surface area contributed by atoms with E-state index in [-0.39, 0.29) is 24.5 Å². The van der Waals surface area contributed by atoms with Gasteiger partial charge < -0.3 is 25.1 Å². The monoisotopic (exact) mass is 553 g/mol. The molecule has 9 heteroatoms. The van der Waals surface area contributed by atoms with Crippen molar-refractivity contribution in [3.05, 3.63) is 69.5 Å². The van der Waals surface area contributed by atoms with Crippen LogP contribution in [0.2, 0.25) is 0 Å². The topological polar surface area (TPSA) is 86.2 Å². The van der Waals surface area contributed by atoms with Crippen LogP contribution >= 0.6 is 27.5 Å². The zero-order valence-electron chi connectivity index (χ0n) is 19.8. The zero-order chi connectivity index (χ0) is 24.7. The van der Waals surface area contributed by atoms with E-state index in [1.54, 1.807) is 0 Å². The number of hydrogen-bond acceptors (Lipinski definition) is 7. The third kappa shape index (κ3) is 6.58. The van der Waals surface area contributed by atoms with Crippen molar-refractivity contribution >= 4 is 27.5 Å². The Kier molecular flexibility index (Phi) is 9.50. The van der Waals surface area contributed by atoms with Crippen molar-refractivity contribution < 1.29 is 19.7 Å². The van der Waals surface area contributed by atoms with E-state index in [0.717, 1.165) is 40.1 Å². The minimum Gasteiger partial charge on any atom is -0.494 e. The molecule has 7 nitrogen and oxygen atoms in total. The van der Waals surface area contributed by atoms with Gasteiger partial charge in [0.2, 0.25) is 0 Å². The minimum absolute atomic E-state index is 0.00653. The van der Waals surface area contributed by atoms with Crippen LogP contribution in [0.3, 0.4) is 0 Å². The first-order chi connectivity index (χ1) is 16.3. The van der Waals surface area contributed by atoms with Crippen LogP contribution in [0.15, 0.2) is 58.3 Å². The van der Waals surface area contributed by atoms with Crippen LogP contribution < -0.4 is 20.4 Å². The molecule has 0 saturated heterocycles. The molecule has 34 heavy (non-hydrogen) atoms. The van der Waals surface area contributed by atoms with E-state index in [2.05, 4.69) is 52.9 Å². The molecule has 1 atom stereocenters. The molecule has 0 saturated carbocycles. The van der Waals surface area contributed by atoms with Gasteiger partial charge in [-0.05, 0) is 58.2 Å². The fourth-order valence-corrected chi connectivity index (χ4v) is 4.25. The van der Waals surface area contributed by atoms with Gasteiger partial charge in [-0.25, -0.2) is 0 Å². The van der Waals surface area contributed by atoms with E-state index >= 15 is 0 Å². The van der Waals surface area contributed by atoms with Crippen LogP contribution in [0.4, 0.5) is 0 Å². The molecular formula is C25H33BrClN3O4. The van der Waals surface area contributed by atoms with Crippen LogP contribution in [0.1, 0.15) is 38.3 Å². The first-order valence-electron chi connectivity index (χ1n) is 11.3. The van der Waals surface area contributed by atoms with Gasteiger partial charge in [0.05, 0.1) is 29.3 Å². The summed E-state index contributed by atoms with van der Waals surface area (Å²) in [5, 5.41) is 21.0. The van der Waals surface area contributed by atoms with Crippen molar-refractivity contribution in [2.75, 3.05) is 32.2 Å². The van der Waals surface area contributed by atoms with Crippen molar-refractivity contribution in [3.63, 3.8) is 0 Å². The summed E-state index contributed by atoms with van der Waals surface area (Å²) in [6.07, 6.45) is 0.113. The molecule has 1 aliphatic heterocycles. The zero-order valence-corrected chi connectivity index (χ0v) is 22.1. The van der Waals surface area contributed by atoms with Crippen molar-refractivity contribution in [1.82, 2.24) is 16.0 Å². The van der Waals surface area contributed by atoms with Gasteiger partial charge in [0.25, 0.3) is 0 Å². The lowest BCUT2D eigenvalue weighted by Crippen LogP contribution is -2.39. The largest absolute Gasteiger partial charge is 0.494 e. The first-order valence-corrected chi connectivity index (χ1v) is 12.6. The molecule has 0 spiro atoms. The Labute approximate surface area is 214 Å². The lowest BCUT2D eigenvalue weighted by molar-refractivity contribution is 0.125. The Morgan fingerprint density at radius 1 is 1.12 bits per heavy atom. The second-order valence-electron chi connectivity index (χ2n) is 8.73. The summed E-state index contributed by atoms with van der Waals surface area (Å²) in [5.41, 5.74) is 9.90. The van der Waals surface area contributed by atoms with Crippen molar-refractivity contribution in [3.8, 4) is 11.5 Å². The van der Waals surface area contributed by atoms with Gasteiger partial charge >= 0.3 is 0 Å². The standard InChI is InChI=1S/C25H33BrClN3O4/c1-17-23(15-31)30(29-28-17)11-4-12-33-21-8-5-18(6-9-21)25(2,3)19-7-10-24(22(26)13-19)34-16-20(32)14-27/h5-10,13,20,28-29,31-32H,4,11-12,14-16H2,1-3H3. The number of allylic oxidation sites excluding steroid dienone is 1. The highest BCUT2D eigenvalue weighted by molar-refractivity contribution is 9.10. The second kappa shape index (κ2) is 12.1. The maximum atomic E-state index is 9.61. The van der Waals surface area contributed by atoms with Gasteiger partial charge in [-0.3, -0.25) is 5.01 Å². The number of nitrogens with zero attached hydrogens (tertiary/aromatic N) is 1. The molecule has 0 amide bonds. The van der Waals surface area contributed by atoms with Gasteiger partial charge in [0.15, 0.2) is 0 Å². The molecule has 0 bridgehead atoms. The molecule has 4 N–H and O–H groups in total. The van der Waals surface area contributed by atoms with E-state index in [1.165, 1.54) is 5.56 Å². The average molecular weight is 555 g/mol. The van der Waals surface area contributed by atoms with E-state index in [0.29, 0.717) is 12.4 Å². The summed E-state index contributed by atoms with van der Waals surface area (Å²) in [5.74, 6) is 1.63. The Bertz CT molecular complexity index is 985. The quantitative estimate of drug-likeness (QED) is 0.232. The molecular weight excluding hydrogens is 522 g/mol. The maximum absolute atomic E-state index is 9.61. The Morgan fingerprint density at radius 3 is 2.47 bits per heavy atom. The third-order valence-electron chi connectivity index (χ3n) is 5.92. The molecule has 2 aromatic carbocycles. The van der Waals surface area contributed by atoms with Crippen molar-refractivity contribution in [2.45, 2.75) is 38.7 Å². The molecule has 0 aliphatic carbocycles. The molecule has 1 aliphatic rings. The highest BCUT2D eigenvalue weighted by atomic mass is 79.9. The van der Waals surface area contributed by atoms with Crippen LogP contribution in [0.25, 0.3) is 0 Å². The normalized spacial score (nSPS) is 14.9. The number of nitrogens with one attached hydrogen (secondary N) is 2. The van der Waals surface area contributed by atoms with Crippen LogP contribution in [-0.2, 0) is 5.41 Å². The van der Waals surface area contributed by atoms with Crippen LogP contribution in [0, 0.1) is 0 Å². The predicted molar refractivity (Wildman–Crippen MR) is 138 cm³/mol. The van der Waals surface area contributed by atoms with E-state index < -0.39 is 6.10 Å². The summed E-state index contributed by atoms with van der Waals surface area (Å²) in [6, 6.07) is 14.2. The summed E-state index contributed by atoms with van der Waals surface area (Å²) in [6.45, 7) is 7.72. The van der Waals surface area contributed by atoms with Crippen molar-refractivity contribution in [2.24, 2.45) is 0 Å². The predicted octanol–water partition coefficient (Wildman–Crippen LogP) is 4.07. The summed E-state index contributed by atoms with van der Waals surface area (Å²) >= 11 is 9.21. The molecule has 0 aromatic heterocycles. The van der Waals surface area contributed by atoms with Crippen LogP contribution in [0.5, 0.6) is 11.5 Å². The molecule has 1 heterocycles. The molecule has 0 radical (unpaired) electrons. The number of aliphatic hydroxyl groups excluding tert-OH is 2. The minimum atomic E-state index is -0.696. The van der Waals surface area contributed by atoms with Crippen LogP contribution in [-0.4, -0.2) is 53.6 Å². The molecule has 1 unspecified atom stereocenters. The fraction of sp³-hybridized carbons (Fsp3) is 0.440. The number of ether oxygens (including phenoxy) is 2. The fourth-order valence-electron chi connectivity index (χ4n) is 3.67. The summed E-state index contributed by atoms with van der Waals surface area (Å²) in [4.78, 5) is 0. The number of hydrazine groups is 2. The number of halogens is 2. The smallest absolute Gasteiger partial charge is 0.133 e. The van der Waals surface area contributed by atoms with E-state index in [4.69, 9.17) is 21.1 Å². The Morgan fingerprint density at radius 2 is 1.82 bits per heavy atom. The highest BCUT2D eigenvalue weighted by Gasteiger charge is 2.24. The number of benzene rings is 2. The lowest BCUT2D eigenvalue weighted by atomic mass is 9.78. The number of alkyl halides is 1. The average Bonchev–Trinajstić information content (AvgIpc) is 3.20. The van der Waals surface area contributed by atoms with Gasteiger partial charge in [-0.15, -0.1) is 17.1 Å². The highest BCUT2D eigenvalue weighted by Crippen LogP contribution is 2.36. The Hall–Kier alpha value is -1.97. The van der Waals surface area contributed by atoms with E-state index in [1.807, 2.05) is 42.3 Å². The Balaban J connectivity index is 1.55. The third-order valence-corrected chi connectivity index (χ3v) is 6.90. The maximum Gasteiger partial charge on any atom is 0.133 e. The molecule has 0 fully saturated rings. The number of aliphatic hydroxyl groups is 2. The van der Waals surface area contributed by atoms with Crippen molar-refractivity contribution in [1.29, 1.82) is 0 Å². The number of rotatable bonds is 12. The molecule has 186 valence electrons. The molecule has 3 rings (SSSR count). The lowest BCUT2D eigenvalue weighted by Gasteiger charge is -2.27. The van der Waals surface area contributed by atoms with Gasteiger partial charge in [-0.1, -0.05) is 32.0 Å². The van der Waals surface area contributed by atoms with Gasteiger partial charge in [0, 0.05) is 24.1 Å². The molecule has 2 aromatic rings. The summed E-state index contributed by atoms with van der Waals surface area (Å²) in [7, 11) is 0.